The molecular formula is C36H43ClN2O3. The minimum absolute atomic E-state index is 0.0143. The first-order chi connectivity index (χ1) is 20.2. The van der Waals surface area contributed by atoms with E-state index in [2.05, 4.69) is 50.4 Å². The van der Waals surface area contributed by atoms with Gasteiger partial charge in [0.2, 0.25) is 0 Å². The molecule has 1 fully saturated rings. The average molecular weight is 587 g/mol. The number of carboxylic acid groups (broad SMARTS) is 1. The van der Waals surface area contributed by atoms with Crippen molar-refractivity contribution < 1.29 is 14.6 Å². The second kappa shape index (κ2) is 11.6. The molecule has 0 saturated heterocycles. The van der Waals surface area contributed by atoms with E-state index in [4.69, 9.17) is 21.3 Å². The Labute approximate surface area is 255 Å². The van der Waals surface area contributed by atoms with Gasteiger partial charge in [-0.1, -0.05) is 62.7 Å². The molecule has 0 unspecified atom stereocenters. The fourth-order valence-corrected chi connectivity index (χ4v) is 8.45. The first-order valence-electron chi connectivity index (χ1n) is 15.7. The van der Waals surface area contributed by atoms with Gasteiger partial charge >= 0.3 is 5.97 Å². The quantitative estimate of drug-likeness (QED) is 0.276. The molecule has 5 nitrogen and oxygen atoms in total. The zero-order valence-electron chi connectivity index (χ0n) is 25.0. The highest BCUT2D eigenvalue weighted by atomic mass is 35.5. The maximum Gasteiger partial charge on any atom is 0.329 e. The van der Waals surface area contributed by atoms with E-state index in [1.807, 2.05) is 36.5 Å². The number of nitrogens with zero attached hydrogens (tertiary/aromatic N) is 1. The minimum Gasteiger partial charge on any atom is -0.493 e. The molecule has 3 aliphatic carbocycles. The number of anilines is 1. The van der Waals surface area contributed by atoms with E-state index in [0.29, 0.717) is 48.1 Å². The van der Waals surface area contributed by atoms with Crippen molar-refractivity contribution in [1.29, 1.82) is 0 Å². The third-order valence-corrected chi connectivity index (χ3v) is 10.8. The Balaban J connectivity index is 1.19. The monoisotopic (exact) mass is 586 g/mol. The van der Waals surface area contributed by atoms with E-state index in [1.165, 1.54) is 35.2 Å². The van der Waals surface area contributed by atoms with Crippen LogP contribution in [0.4, 0.5) is 5.69 Å². The maximum atomic E-state index is 12.7. The van der Waals surface area contributed by atoms with Crippen molar-refractivity contribution in [3.05, 3.63) is 88.2 Å². The summed E-state index contributed by atoms with van der Waals surface area (Å²) in [7, 11) is 0. The van der Waals surface area contributed by atoms with Gasteiger partial charge in [-0.15, -0.1) is 0 Å². The third kappa shape index (κ3) is 5.30. The fourth-order valence-electron chi connectivity index (χ4n) is 8.26. The van der Waals surface area contributed by atoms with Crippen molar-refractivity contribution >= 4 is 23.3 Å². The number of aliphatic carboxylic acids is 1. The number of carboxylic acids is 1. The number of aromatic nitrogens is 1. The standard InChI is InChI=1S/C36H43ClN2O3/c1-23(22-42-31-13-18-38-33-25(3)12-11-24(2)32(31)33)19-27-20-26-7-4-5-10-30(26)35(27)14-16-36(17-15-35,34(40)41)39-29-9-6-8-28(37)21-29/h4-10,13,18,21,23-25,27,39H,11-12,14-17,19-20,22H2,1-3H3,(H,40,41)/t23-,24-,25+,27+,35?,36?/m1/s1. The maximum absolute atomic E-state index is 12.7. The first kappa shape index (κ1) is 29.0. The van der Waals surface area contributed by atoms with Crippen LogP contribution in [0.2, 0.25) is 5.02 Å². The molecular weight excluding hydrogens is 544 g/mol. The van der Waals surface area contributed by atoms with Gasteiger partial charge in [0.25, 0.3) is 0 Å². The molecule has 1 saturated carbocycles. The number of ether oxygens (including phenoxy) is 1. The van der Waals surface area contributed by atoms with Gasteiger partial charge in [-0.3, -0.25) is 4.98 Å². The molecule has 222 valence electrons. The molecule has 0 bridgehead atoms. The topological polar surface area (TPSA) is 71.5 Å². The van der Waals surface area contributed by atoms with Crippen LogP contribution in [0.25, 0.3) is 0 Å². The lowest BCUT2D eigenvalue weighted by molar-refractivity contribution is -0.144. The summed E-state index contributed by atoms with van der Waals surface area (Å²) in [5, 5.41) is 14.4. The molecule has 3 aliphatic rings. The zero-order valence-corrected chi connectivity index (χ0v) is 25.8. The van der Waals surface area contributed by atoms with Crippen LogP contribution in [0.3, 0.4) is 0 Å². The Bertz CT molecular complexity index is 1450. The number of nitrogens with one attached hydrogen (secondary N) is 1. The van der Waals surface area contributed by atoms with Crippen molar-refractivity contribution in [3.8, 4) is 5.75 Å². The van der Waals surface area contributed by atoms with Gasteiger partial charge in [0.15, 0.2) is 0 Å². The van der Waals surface area contributed by atoms with Crippen LogP contribution in [-0.2, 0) is 16.6 Å². The molecule has 6 rings (SSSR count). The summed E-state index contributed by atoms with van der Waals surface area (Å²) >= 11 is 6.22. The predicted octanol–water partition coefficient (Wildman–Crippen LogP) is 8.76. The van der Waals surface area contributed by atoms with Gasteiger partial charge in [0.05, 0.1) is 12.3 Å². The SMILES string of the molecule is C[C@@H](COc1ccnc2c1[C@H](C)CC[C@@H]2C)C[C@H]1Cc2ccccc2C12CCC(Nc1cccc(Cl)c1)(C(=O)O)CC2. The number of benzene rings is 2. The Morgan fingerprint density at radius 3 is 2.60 bits per heavy atom. The Kier molecular flexibility index (Phi) is 7.99. The summed E-state index contributed by atoms with van der Waals surface area (Å²) < 4.78 is 6.55. The summed E-state index contributed by atoms with van der Waals surface area (Å²) in [6.07, 6.45) is 9.20. The molecule has 1 aromatic heterocycles. The molecule has 0 aliphatic heterocycles. The highest BCUT2D eigenvalue weighted by Gasteiger charge is 2.54. The van der Waals surface area contributed by atoms with Crippen LogP contribution in [-0.4, -0.2) is 28.2 Å². The second-order valence-corrected chi connectivity index (χ2v) is 13.8. The van der Waals surface area contributed by atoms with Crippen molar-refractivity contribution in [3.63, 3.8) is 0 Å². The minimum atomic E-state index is -0.999. The molecule has 3 aromatic rings. The fraction of sp³-hybridized carbons (Fsp3) is 0.500. The smallest absolute Gasteiger partial charge is 0.329 e. The van der Waals surface area contributed by atoms with E-state index < -0.39 is 11.5 Å². The average Bonchev–Trinajstić information content (AvgIpc) is 3.27. The summed E-state index contributed by atoms with van der Waals surface area (Å²) in [5.41, 5.74) is 5.11. The highest BCUT2D eigenvalue weighted by molar-refractivity contribution is 6.30. The Hall–Kier alpha value is -3.05. The molecule has 1 spiro atoms. The van der Waals surface area contributed by atoms with Crippen molar-refractivity contribution in [2.75, 3.05) is 11.9 Å². The second-order valence-electron chi connectivity index (χ2n) is 13.4. The lowest BCUT2D eigenvalue weighted by Gasteiger charge is -2.47. The molecule has 6 heteroatoms. The van der Waals surface area contributed by atoms with Gasteiger partial charge in [0.1, 0.15) is 11.3 Å². The molecule has 42 heavy (non-hydrogen) atoms. The van der Waals surface area contributed by atoms with E-state index in [9.17, 15) is 9.90 Å². The highest BCUT2D eigenvalue weighted by Crippen LogP contribution is 2.56. The number of hydrogen-bond donors (Lipinski definition) is 2. The number of fused-ring (bicyclic) bond motifs is 3. The van der Waals surface area contributed by atoms with Gasteiger partial charge in [-0.05, 0) is 116 Å². The predicted molar refractivity (Wildman–Crippen MR) is 169 cm³/mol. The lowest BCUT2D eigenvalue weighted by Crippen LogP contribution is -2.53. The van der Waals surface area contributed by atoms with Crippen LogP contribution < -0.4 is 10.1 Å². The molecule has 2 N–H and O–H groups in total. The number of hydrogen-bond acceptors (Lipinski definition) is 4. The summed E-state index contributed by atoms with van der Waals surface area (Å²) in [6, 6.07) is 18.3. The van der Waals surface area contributed by atoms with Crippen LogP contribution in [0.15, 0.2) is 60.8 Å². The number of rotatable bonds is 8. The first-order valence-corrected chi connectivity index (χ1v) is 16.1. The van der Waals surface area contributed by atoms with Crippen molar-refractivity contribution in [2.45, 2.75) is 94.9 Å². The van der Waals surface area contributed by atoms with E-state index in [0.717, 1.165) is 37.1 Å². The molecule has 0 amide bonds. The van der Waals surface area contributed by atoms with Crippen molar-refractivity contribution in [1.82, 2.24) is 4.98 Å². The van der Waals surface area contributed by atoms with Crippen LogP contribution in [0.1, 0.15) is 99.9 Å². The van der Waals surface area contributed by atoms with Crippen LogP contribution in [0, 0.1) is 11.8 Å². The van der Waals surface area contributed by atoms with Gasteiger partial charge in [-0.2, -0.15) is 0 Å². The third-order valence-electron chi connectivity index (χ3n) is 10.6. The molecule has 1 heterocycles. The Morgan fingerprint density at radius 2 is 1.83 bits per heavy atom. The largest absolute Gasteiger partial charge is 0.493 e. The number of pyridine rings is 1. The normalized spacial score (nSPS) is 29.0. The number of carbonyl (C=O) groups is 1. The summed E-state index contributed by atoms with van der Waals surface area (Å²) in [6.45, 7) is 7.55. The summed E-state index contributed by atoms with van der Waals surface area (Å²) in [5.74, 6) is 2.00. The molecule has 2 aromatic carbocycles. The van der Waals surface area contributed by atoms with E-state index in [-0.39, 0.29) is 5.41 Å². The van der Waals surface area contributed by atoms with Gasteiger partial charge < -0.3 is 15.2 Å². The number of halogens is 1. The van der Waals surface area contributed by atoms with Gasteiger partial charge in [0, 0.05) is 22.5 Å². The van der Waals surface area contributed by atoms with Crippen LogP contribution in [0.5, 0.6) is 5.75 Å². The lowest BCUT2D eigenvalue weighted by atomic mass is 9.59. The molecule has 0 radical (unpaired) electrons. The summed E-state index contributed by atoms with van der Waals surface area (Å²) in [4.78, 5) is 17.4. The van der Waals surface area contributed by atoms with E-state index in [1.54, 1.807) is 0 Å². The Morgan fingerprint density at radius 1 is 1.07 bits per heavy atom. The van der Waals surface area contributed by atoms with Crippen LogP contribution >= 0.6 is 11.6 Å². The van der Waals surface area contributed by atoms with Gasteiger partial charge in [-0.25, -0.2) is 4.79 Å². The van der Waals surface area contributed by atoms with E-state index >= 15 is 0 Å². The molecule has 4 atom stereocenters. The van der Waals surface area contributed by atoms with Crippen molar-refractivity contribution in [2.24, 2.45) is 11.8 Å². The zero-order chi connectivity index (χ0) is 29.5.